The van der Waals surface area contributed by atoms with Gasteiger partial charge in [-0.25, -0.2) is 9.59 Å². The van der Waals surface area contributed by atoms with Crippen LogP contribution < -0.4 is 5.32 Å². The molecule has 136 valence electrons. The molecule has 0 aromatic heterocycles. The first-order valence-electron chi connectivity index (χ1n) is 7.89. The molecule has 0 saturated carbocycles. The predicted octanol–water partition coefficient (Wildman–Crippen LogP) is 2.45. The van der Waals surface area contributed by atoms with Gasteiger partial charge in [0.05, 0.1) is 6.42 Å². The number of carboxylic acids is 2. The van der Waals surface area contributed by atoms with E-state index in [4.69, 9.17) is 9.84 Å². The highest BCUT2D eigenvalue weighted by Crippen LogP contribution is 2.19. The average Bonchev–Trinajstić information content (AvgIpc) is 2.61. The Morgan fingerprint density at radius 3 is 1.92 bits per heavy atom. The Balaban J connectivity index is 2.15. The van der Waals surface area contributed by atoms with Gasteiger partial charge < -0.3 is 20.3 Å². The van der Waals surface area contributed by atoms with E-state index in [2.05, 4.69) is 5.32 Å². The zero-order valence-electron chi connectivity index (χ0n) is 13.9. The fourth-order valence-corrected chi connectivity index (χ4v) is 2.51. The minimum atomic E-state index is -2.01. The molecule has 0 bridgehead atoms. The van der Waals surface area contributed by atoms with Crippen molar-refractivity contribution in [2.75, 3.05) is 0 Å². The van der Waals surface area contributed by atoms with Crippen LogP contribution in [0.3, 0.4) is 0 Å². The van der Waals surface area contributed by atoms with Crippen molar-refractivity contribution in [3.63, 3.8) is 0 Å². The van der Waals surface area contributed by atoms with Crippen molar-refractivity contribution in [2.45, 2.75) is 25.0 Å². The van der Waals surface area contributed by atoms with Gasteiger partial charge in [-0.2, -0.15) is 0 Å². The fraction of sp³-hybridized carbons (Fsp3) is 0.211. The summed E-state index contributed by atoms with van der Waals surface area (Å²) >= 11 is 0. The maximum Gasteiger partial charge on any atom is 0.408 e. The number of aliphatic carboxylic acids is 2. The molecule has 3 N–H and O–H groups in total. The predicted molar refractivity (Wildman–Crippen MR) is 92.5 cm³/mol. The first-order chi connectivity index (χ1) is 12.4. The fourth-order valence-electron chi connectivity index (χ4n) is 2.51. The zero-order valence-corrected chi connectivity index (χ0v) is 13.9. The second kappa shape index (κ2) is 8.66. The molecule has 1 amide bonds. The molecule has 0 aliphatic heterocycles. The van der Waals surface area contributed by atoms with Crippen LogP contribution in [-0.2, 0) is 27.4 Å². The molecule has 2 aromatic carbocycles. The Morgan fingerprint density at radius 1 is 0.885 bits per heavy atom. The number of carbonyl (C=O) groups is 3. The maximum atomic E-state index is 12.1. The summed E-state index contributed by atoms with van der Waals surface area (Å²) < 4.78 is 5.05. The standard InChI is InChI=1S/C19H19NO6/c21-16(22)12-19(17(23)24,11-14-7-3-1-4-8-14)20-18(25)26-13-15-9-5-2-6-10-15/h1-10H,11-13H2,(H,20,25)(H,21,22)(H,23,24)/t19-/m1/s1. The van der Waals surface area contributed by atoms with E-state index in [1.807, 2.05) is 6.07 Å². The van der Waals surface area contributed by atoms with Gasteiger partial charge in [-0.15, -0.1) is 0 Å². The lowest BCUT2D eigenvalue weighted by Crippen LogP contribution is -2.57. The average molecular weight is 357 g/mol. The van der Waals surface area contributed by atoms with Crippen molar-refractivity contribution < 1.29 is 29.3 Å². The third-order valence-corrected chi connectivity index (χ3v) is 3.77. The van der Waals surface area contributed by atoms with Crippen LogP contribution in [0.1, 0.15) is 17.5 Å². The molecule has 0 spiro atoms. The first kappa shape index (κ1) is 19.0. The number of carboxylic acid groups (broad SMARTS) is 2. The van der Waals surface area contributed by atoms with E-state index in [-0.39, 0.29) is 13.0 Å². The van der Waals surface area contributed by atoms with Crippen molar-refractivity contribution in [3.8, 4) is 0 Å². The zero-order chi connectivity index (χ0) is 19.0. The largest absolute Gasteiger partial charge is 0.481 e. The monoisotopic (exact) mass is 357 g/mol. The minimum Gasteiger partial charge on any atom is -0.481 e. The van der Waals surface area contributed by atoms with Crippen LogP contribution in [0.4, 0.5) is 4.79 Å². The molecule has 26 heavy (non-hydrogen) atoms. The van der Waals surface area contributed by atoms with E-state index in [1.165, 1.54) is 0 Å². The number of hydrogen-bond acceptors (Lipinski definition) is 4. The topological polar surface area (TPSA) is 113 Å². The highest BCUT2D eigenvalue weighted by Gasteiger charge is 2.43. The Morgan fingerprint density at radius 2 is 1.42 bits per heavy atom. The third kappa shape index (κ3) is 5.34. The van der Waals surface area contributed by atoms with Gasteiger partial charge in [0.2, 0.25) is 0 Å². The lowest BCUT2D eigenvalue weighted by molar-refractivity contribution is -0.151. The number of amides is 1. The SMILES string of the molecule is O=C(O)C[C@@](Cc1ccccc1)(NC(=O)OCc1ccccc1)C(=O)O. The van der Waals surface area contributed by atoms with Crippen LogP contribution in [-0.4, -0.2) is 33.8 Å². The van der Waals surface area contributed by atoms with Gasteiger partial charge in [0.1, 0.15) is 6.61 Å². The van der Waals surface area contributed by atoms with Crippen molar-refractivity contribution in [2.24, 2.45) is 0 Å². The number of ether oxygens (including phenoxy) is 1. The Kier molecular flexibility index (Phi) is 6.32. The van der Waals surface area contributed by atoms with Gasteiger partial charge in [-0.05, 0) is 11.1 Å². The lowest BCUT2D eigenvalue weighted by atomic mass is 9.87. The molecule has 2 rings (SSSR count). The summed E-state index contributed by atoms with van der Waals surface area (Å²) in [6, 6.07) is 17.4. The molecule has 2 aromatic rings. The van der Waals surface area contributed by atoms with Crippen molar-refractivity contribution >= 4 is 18.0 Å². The normalized spacial score (nSPS) is 12.6. The van der Waals surface area contributed by atoms with Gasteiger partial charge in [-0.3, -0.25) is 4.79 Å². The van der Waals surface area contributed by atoms with Crippen LogP contribution in [0, 0.1) is 0 Å². The number of rotatable bonds is 8. The quantitative estimate of drug-likeness (QED) is 0.669. The van der Waals surface area contributed by atoms with E-state index < -0.39 is 30.0 Å². The van der Waals surface area contributed by atoms with Crippen molar-refractivity contribution in [3.05, 3.63) is 71.8 Å². The van der Waals surface area contributed by atoms with E-state index in [0.717, 1.165) is 5.56 Å². The highest BCUT2D eigenvalue weighted by atomic mass is 16.5. The van der Waals surface area contributed by atoms with Gasteiger partial charge in [0.15, 0.2) is 5.54 Å². The third-order valence-electron chi connectivity index (χ3n) is 3.77. The molecule has 7 nitrogen and oxygen atoms in total. The molecular formula is C19H19NO6. The molecule has 0 heterocycles. The summed E-state index contributed by atoms with van der Waals surface area (Å²) in [7, 11) is 0. The summed E-state index contributed by atoms with van der Waals surface area (Å²) in [5, 5.41) is 21.0. The lowest BCUT2D eigenvalue weighted by Gasteiger charge is -2.28. The molecule has 0 saturated heterocycles. The summed E-state index contributed by atoms with van der Waals surface area (Å²) in [4.78, 5) is 35.2. The molecule has 0 aliphatic rings. The number of benzene rings is 2. The summed E-state index contributed by atoms with van der Waals surface area (Å²) in [5.41, 5.74) is -0.703. The second-order valence-corrected chi connectivity index (χ2v) is 5.81. The smallest absolute Gasteiger partial charge is 0.408 e. The van der Waals surface area contributed by atoms with Gasteiger partial charge >= 0.3 is 18.0 Å². The van der Waals surface area contributed by atoms with Crippen molar-refractivity contribution in [1.82, 2.24) is 5.32 Å². The Labute approximate surface area is 150 Å². The van der Waals surface area contributed by atoms with Crippen LogP contribution in [0.25, 0.3) is 0 Å². The van der Waals surface area contributed by atoms with Gasteiger partial charge in [-0.1, -0.05) is 60.7 Å². The number of alkyl carbamates (subject to hydrolysis) is 1. The Bertz CT molecular complexity index is 762. The van der Waals surface area contributed by atoms with E-state index in [9.17, 15) is 19.5 Å². The summed E-state index contributed by atoms with van der Waals surface area (Å²) in [6.45, 7) is -0.0548. The maximum absolute atomic E-state index is 12.1. The van der Waals surface area contributed by atoms with E-state index in [0.29, 0.717) is 5.56 Å². The van der Waals surface area contributed by atoms with Gasteiger partial charge in [0.25, 0.3) is 0 Å². The van der Waals surface area contributed by atoms with E-state index in [1.54, 1.807) is 54.6 Å². The molecular weight excluding hydrogens is 338 g/mol. The molecule has 1 atom stereocenters. The number of carbonyl (C=O) groups excluding carboxylic acids is 1. The van der Waals surface area contributed by atoms with Crippen LogP contribution in [0.15, 0.2) is 60.7 Å². The molecule has 0 fully saturated rings. The Hall–Kier alpha value is -3.35. The minimum absolute atomic E-state index is 0.0548. The summed E-state index contributed by atoms with van der Waals surface area (Å²) in [5.74, 6) is -2.79. The van der Waals surface area contributed by atoms with Crippen molar-refractivity contribution in [1.29, 1.82) is 0 Å². The van der Waals surface area contributed by atoms with Crippen LogP contribution in [0.2, 0.25) is 0 Å². The van der Waals surface area contributed by atoms with E-state index >= 15 is 0 Å². The molecule has 0 unspecified atom stereocenters. The summed E-state index contributed by atoms with van der Waals surface area (Å²) in [6.07, 6.45) is -1.96. The van der Waals surface area contributed by atoms with Gasteiger partial charge in [0, 0.05) is 6.42 Å². The van der Waals surface area contributed by atoms with Crippen LogP contribution in [0.5, 0.6) is 0 Å². The first-order valence-corrected chi connectivity index (χ1v) is 7.89. The molecule has 7 heteroatoms. The highest BCUT2D eigenvalue weighted by molar-refractivity contribution is 5.89. The van der Waals surface area contributed by atoms with Crippen LogP contribution >= 0.6 is 0 Å². The number of nitrogens with one attached hydrogen (secondary N) is 1. The number of hydrogen-bond donors (Lipinski definition) is 3. The molecule has 0 radical (unpaired) electrons. The second-order valence-electron chi connectivity index (χ2n) is 5.81. The molecule has 0 aliphatic carbocycles.